The monoisotopic (exact) mass is 126 g/mol. The lowest BCUT2D eigenvalue weighted by atomic mass is 10.4. The second kappa shape index (κ2) is 5.09. The molecule has 0 radical (unpaired) electrons. The molecule has 0 aliphatic rings. The van der Waals surface area contributed by atoms with Gasteiger partial charge in [0.1, 0.15) is 5.76 Å². The molecule has 0 rings (SSSR count). The molecule has 0 unspecified atom stereocenters. The molecule has 0 aromatic rings. The van der Waals surface area contributed by atoms with Crippen LogP contribution in [0.5, 0.6) is 0 Å². The molecule has 0 aliphatic carbocycles. The smallest absolute Gasteiger partial charge is 0.298 e. The minimum atomic E-state index is 0.412. The van der Waals surface area contributed by atoms with Gasteiger partial charge in [-0.15, -0.1) is 0 Å². The highest BCUT2D eigenvalue weighted by atomic mass is 16.5. The number of ether oxygens (including phenoxy) is 1. The molecule has 0 atom stereocenters. The van der Waals surface area contributed by atoms with Crippen molar-refractivity contribution in [2.75, 3.05) is 0 Å². The van der Waals surface area contributed by atoms with Crippen LogP contribution in [0.2, 0.25) is 0 Å². The van der Waals surface area contributed by atoms with Crippen LogP contribution in [-0.2, 0) is 9.53 Å². The molecule has 0 aliphatic heterocycles. The molecular formula is C7H10O2. The molecule has 0 fully saturated rings. The van der Waals surface area contributed by atoms with Gasteiger partial charge in [0.15, 0.2) is 0 Å². The van der Waals surface area contributed by atoms with Gasteiger partial charge in [-0.25, -0.2) is 0 Å². The molecule has 0 saturated heterocycles. The lowest BCUT2D eigenvalue weighted by Gasteiger charge is -1.92. The Bertz CT molecular complexity index is 134. The number of carbonyl (C=O) groups excluding carboxylic acids is 1. The quantitative estimate of drug-likeness (QED) is 0.326. The first kappa shape index (κ1) is 7.95. The Kier molecular flexibility index (Phi) is 4.50. The molecule has 9 heavy (non-hydrogen) atoms. The molecule has 0 heterocycles. The molecule has 2 heteroatoms. The van der Waals surface area contributed by atoms with E-state index >= 15 is 0 Å². The maximum Gasteiger partial charge on any atom is 0.298 e. The van der Waals surface area contributed by atoms with Gasteiger partial charge >= 0.3 is 0 Å². The molecule has 0 aromatic heterocycles. The standard InChI is InChI=1S/C7H10O2/c1-3-5-7(4-2)9-6-8/h3-6H,1-2H3/b5-3-,7-4+. The Labute approximate surface area is 54.8 Å². The van der Waals surface area contributed by atoms with E-state index in [1.165, 1.54) is 0 Å². The van der Waals surface area contributed by atoms with Crippen molar-refractivity contribution >= 4 is 6.47 Å². The molecule has 0 aromatic carbocycles. The third kappa shape index (κ3) is 3.53. The Morgan fingerprint density at radius 1 is 1.44 bits per heavy atom. The minimum absolute atomic E-state index is 0.412. The van der Waals surface area contributed by atoms with Gasteiger partial charge in [0.2, 0.25) is 0 Å². The van der Waals surface area contributed by atoms with Crippen LogP contribution in [0, 0.1) is 0 Å². The van der Waals surface area contributed by atoms with Gasteiger partial charge in [-0.2, -0.15) is 0 Å². The van der Waals surface area contributed by atoms with Crippen LogP contribution < -0.4 is 0 Å². The molecular weight excluding hydrogens is 116 g/mol. The van der Waals surface area contributed by atoms with Crippen molar-refractivity contribution in [1.82, 2.24) is 0 Å². The summed E-state index contributed by atoms with van der Waals surface area (Å²) in [5.41, 5.74) is 0. The SMILES string of the molecule is C/C=C\C(=C/C)OC=O. The fraction of sp³-hybridized carbons (Fsp3) is 0.286. The first-order valence-electron chi connectivity index (χ1n) is 2.74. The zero-order valence-electron chi connectivity index (χ0n) is 5.63. The van der Waals surface area contributed by atoms with Gasteiger partial charge < -0.3 is 4.74 Å². The molecule has 0 N–H and O–H groups in total. The van der Waals surface area contributed by atoms with Crippen LogP contribution >= 0.6 is 0 Å². The Morgan fingerprint density at radius 3 is 2.44 bits per heavy atom. The third-order valence-electron chi connectivity index (χ3n) is 0.800. The van der Waals surface area contributed by atoms with Crippen LogP contribution in [0.4, 0.5) is 0 Å². The van der Waals surface area contributed by atoms with E-state index in [-0.39, 0.29) is 0 Å². The summed E-state index contributed by atoms with van der Waals surface area (Å²) in [6, 6.07) is 0. The highest BCUT2D eigenvalue weighted by Gasteiger charge is 1.84. The highest BCUT2D eigenvalue weighted by molar-refractivity contribution is 5.41. The summed E-state index contributed by atoms with van der Waals surface area (Å²) in [4.78, 5) is 9.75. The van der Waals surface area contributed by atoms with E-state index < -0.39 is 0 Å². The van der Waals surface area contributed by atoms with E-state index in [0.29, 0.717) is 12.2 Å². The number of rotatable bonds is 3. The van der Waals surface area contributed by atoms with Crippen LogP contribution in [0.1, 0.15) is 13.8 Å². The molecule has 2 nitrogen and oxygen atoms in total. The summed E-state index contributed by atoms with van der Waals surface area (Å²) < 4.78 is 4.53. The third-order valence-corrected chi connectivity index (χ3v) is 0.800. The largest absolute Gasteiger partial charge is 0.429 e. The highest BCUT2D eigenvalue weighted by Crippen LogP contribution is 1.95. The first-order chi connectivity index (χ1) is 4.35. The summed E-state index contributed by atoms with van der Waals surface area (Å²) in [5.74, 6) is 0.576. The molecule has 50 valence electrons. The summed E-state index contributed by atoms with van der Waals surface area (Å²) in [5, 5.41) is 0. The second-order valence-electron chi connectivity index (χ2n) is 1.41. The van der Waals surface area contributed by atoms with E-state index in [1.54, 1.807) is 25.2 Å². The van der Waals surface area contributed by atoms with Gasteiger partial charge in [0.25, 0.3) is 6.47 Å². The average molecular weight is 126 g/mol. The summed E-state index contributed by atoms with van der Waals surface area (Å²) >= 11 is 0. The van der Waals surface area contributed by atoms with Crippen molar-refractivity contribution in [3.63, 3.8) is 0 Å². The number of hydrogen-bond donors (Lipinski definition) is 0. The molecule has 0 amide bonds. The maximum atomic E-state index is 9.75. The fourth-order valence-electron chi connectivity index (χ4n) is 0.423. The number of carbonyl (C=O) groups is 1. The normalized spacial score (nSPS) is 12.0. The summed E-state index contributed by atoms with van der Waals surface area (Å²) in [6.45, 7) is 4.08. The molecule has 0 spiro atoms. The zero-order valence-corrected chi connectivity index (χ0v) is 5.63. The van der Waals surface area contributed by atoms with E-state index in [2.05, 4.69) is 4.74 Å². The van der Waals surface area contributed by atoms with Crippen molar-refractivity contribution in [2.45, 2.75) is 13.8 Å². The van der Waals surface area contributed by atoms with Gasteiger partial charge in [-0.05, 0) is 26.0 Å². The Hall–Kier alpha value is -1.05. The lowest BCUT2D eigenvalue weighted by Crippen LogP contribution is -1.83. The van der Waals surface area contributed by atoms with Crippen LogP contribution in [0.3, 0.4) is 0 Å². The lowest BCUT2D eigenvalue weighted by molar-refractivity contribution is -0.124. The van der Waals surface area contributed by atoms with Crippen molar-refractivity contribution in [3.8, 4) is 0 Å². The fourth-order valence-corrected chi connectivity index (χ4v) is 0.423. The first-order valence-corrected chi connectivity index (χ1v) is 2.74. The van der Waals surface area contributed by atoms with E-state index in [0.717, 1.165) is 0 Å². The van der Waals surface area contributed by atoms with Gasteiger partial charge in [-0.3, -0.25) is 4.79 Å². The van der Waals surface area contributed by atoms with Crippen LogP contribution in [0.25, 0.3) is 0 Å². The number of hydrogen-bond acceptors (Lipinski definition) is 2. The predicted molar refractivity (Wildman–Crippen MR) is 35.7 cm³/mol. The maximum absolute atomic E-state index is 9.75. The number of allylic oxidation sites excluding steroid dienone is 3. The average Bonchev–Trinajstić information content (AvgIpc) is 1.88. The zero-order chi connectivity index (χ0) is 7.11. The van der Waals surface area contributed by atoms with Gasteiger partial charge in [0.05, 0.1) is 0 Å². The van der Waals surface area contributed by atoms with Crippen molar-refractivity contribution in [1.29, 1.82) is 0 Å². The summed E-state index contributed by atoms with van der Waals surface area (Å²) in [7, 11) is 0. The van der Waals surface area contributed by atoms with Crippen LogP contribution in [-0.4, -0.2) is 6.47 Å². The van der Waals surface area contributed by atoms with Gasteiger partial charge in [-0.1, -0.05) is 6.08 Å². The molecule has 0 saturated carbocycles. The Morgan fingerprint density at radius 2 is 2.11 bits per heavy atom. The van der Waals surface area contributed by atoms with Crippen LogP contribution in [0.15, 0.2) is 24.0 Å². The summed E-state index contributed by atoms with van der Waals surface area (Å²) in [6.07, 6.45) is 5.24. The Balaban J connectivity index is 3.84. The molecule has 0 bridgehead atoms. The minimum Gasteiger partial charge on any atom is -0.429 e. The topological polar surface area (TPSA) is 26.3 Å². The van der Waals surface area contributed by atoms with E-state index in [4.69, 9.17) is 0 Å². The van der Waals surface area contributed by atoms with Gasteiger partial charge in [0, 0.05) is 0 Å². The van der Waals surface area contributed by atoms with Crippen molar-refractivity contribution in [3.05, 3.63) is 24.0 Å². The predicted octanol–water partition coefficient (Wildman–Crippen LogP) is 1.64. The van der Waals surface area contributed by atoms with Crippen molar-refractivity contribution in [2.24, 2.45) is 0 Å². The van der Waals surface area contributed by atoms with Crippen molar-refractivity contribution < 1.29 is 9.53 Å². The second-order valence-corrected chi connectivity index (χ2v) is 1.41. The van der Waals surface area contributed by atoms with E-state index in [9.17, 15) is 4.79 Å². The van der Waals surface area contributed by atoms with E-state index in [1.807, 2.05) is 6.92 Å².